The summed E-state index contributed by atoms with van der Waals surface area (Å²) in [5.74, 6) is 0.511. The van der Waals surface area contributed by atoms with E-state index in [1.807, 2.05) is 31.3 Å². The van der Waals surface area contributed by atoms with Gasteiger partial charge in [0.2, 0.25) is 5.91 Å². The Morgan fingerprint density at radius 3 is 2.81 bits per heavy atom. The topological polar surface area (TPSA) is 54.0 Å². The number of hydrogen-bond donors (Lipinski definition) is 2. The van der Waals surface area contributed by atoms with Gasteiger partial charge in [0.1, 0.15) is 0 Å². The molecule has 0 aliphatic heterocycles. The smallest absolute Gasteiger partial charge is 0.236 e. The lowest BCUT2D eigenvalue weighted by molar-refractivity contribution is -0.122. The van der Waals surface area contributed by atoms with E-state index in [0.29, 0.717) is 19.0 Å². The summed E-state index contributed by atoms with van der Waals surface area (Å²) in [7, 11) is 0. The molecule has 4 nitrogen and oxygen atoms in total. The van der Waals surface area contributed by atoms with Gasteiger partial charge in [-0.25, -0.2) is 0 Å². The lowest BCUT2D eigenvalue weighted by atomic mass is 10.1. The lowest BCUT2D eigenvalue weighted by Crippen LogP contribution is -2.42. The van der Waals surface area contributed by atoms with E-state index in [-0.39, 0.29) is 11.9 Å². The average Bonchev–Trinajstić information content (AvgIpc) is 2.50. The van der Waals surface area contributed by atoms with Gasteiger partial charge in [0.25, 0.3) is 0 Å². The second kappa shape index (κ2) is 7.18. The molecule has 0 fully saturated rings. The van der Waals surface area contributed by atoms with Crippen LogP contribution in [0.1, 0.15) is 26.3 Å². The van der Waals surface area contributed by atoms with Crippen molar-refractivity contribution in [2.45, 2.75) is 33.4 Å². The zero-order valence-electron chi connectivity index (χ0n) is 12.9. The van der Waals surface area contributed by atoms with Gasteiger partial charge in [0, 0.05) is 30.9 Å². The Morgan fingerprint density at radius 1 is 1.24 bits per heavy atom. The molecule has 4 heteroatoms. The first kappa shape index (κ1) is 15.4. The fourth-order valence-electron chi connectivity index (χ4n) is 2.16. The van der Waals surface area contributed by atoms with Crippen LogP contribution in [0, 0.1) is 5.92 Å². The minimum Gasteiger partial charge on any atom is -0.354 e. The van der Waals surface area contributed by atoms with Gasteiger partial charge < -0.3 is 10.6 Å². The molecule has 0 bridgehead atoms. The van der Waals surface area contributed by atoms with Crippen molar-refractivity contribution < 1.29 is 4.79 Å². The summed E-state index contributed by atoms with van der Waals surface area (Å²) in [5.41, 5.74) is 1.18. The Balaban J connectivity index is 1.97. The largest absolute Gasteiger partial charge is 0.354 e. The van der Waals surface area contributed by atoms with Crippen molar-refractivity contribution >= 4 is 16.7 Å². The summed E-state index contributed by atoms with van der Waals surface area (Å²) in [6.07, 6.45) is 3.65. The van der Waals surface area contributed by atoms with Crippen LogP contribution in [0.5, 0.6) is 0 Å². The molecule has 0 radical (unpaired) electrons. The second-order valence-corrected chi connectivity index (χ2v) is 5.76. The van der Waals surface area contributed by atoms with Crippen molar-refractivity contribution in [3.05, 3.63) is 42.2 Å². The number of carbonyl (C=O) groups excluding carboxylic acids is 1. The van der Waals surface area contributed by atoms with Crippen molar-refractivity contribution in [1.82, 2.24) is 15.6 Å². The first-order valence-electron chi connectivity index (χ1n) is 7.40. The predicted molar refractivity (Wildman–Crippen MR) is 85.9 cm³/mol. The molecule has 1 aromatic carbocycles. The summed E-state index contributed by atoms with van der Waals surface area (Å²) in [6.45, 7) is 7.44. The summed E-state index contributed by atoms with van der Waals surface area (Å²) < 4.78 is 0. The number of fused-ring (bicyclic) bond motifs is 1. The molecule has 112 valence electrons. The number of amides is 1. The molecule has 2 N–H and O–H groups in total. The summed E-state index contributed by atoms with van der Waals surface area (Å²) in [4.78, 5) is 16.1. The second-order valence-electron chi connectivity index (χ2n) is 5.76. The molecule has 0 spiro atoms. The van der Waals surface area contributed by atoms with Crippen LogP contribution in [-0.4, -0.2) is 23.5 Å². The third kappa shape index (κ3) is 4.26. The minimum atomic E-state index is -0.208. The Bertz CT molecular complexity index is 605. The van der Waals surface area contributed by atoms with E-state index < -0.39 is 0 Å². The number of aromatic nitrogens is 1. The van der Waals surface area contributed by atoms with Crippen molar-refractivity contribution in [3.63, 3.8) is 0 Å². The average molecular weight is 285 g/mol. The molecule has 1 atom stereocenters. The SMILES string of the molecule is CC(C)CNC(=O)C(C)NCc1cccc2cnccc12. The highest BCUT2D eigenvalue weighted by atomic mass is 16.2. The summed E-state index contributed by atoms with van der Waals surface area (Å²) in [6, 6.07) is 7.94. The molecule has 2 rings (SSSR count). The van der Waals surface area contributed by atoms with Crippen molar-refractivity contribution in [3.8, 4) is 0 Å². The third-order valence-corrected chi connectivity index (χ3v) is 3.45. The zero-order valence-corrected chi connectivity index (χ0v) is 12.9. The van der Waals surface area contributed by atoms with Gasteiger partial charge in [0.15, 0.2) is 0 Å². The van der Waals surface area contributed by atoms with Gasteiger partial charge in [0.05, 0.1) is 6.04 Å². The maximum Gasteiger partial charge on any atom is 0.236 e. The van der Waals surface area contributed by atoms with Crippen LogP contribution in [0.2, 0.25) is 0 Å². The molecule has 0 saturated heterocycles. The number of carbonyl (C=O) groups is 1. The normalized spacial score (nSPS) is 12.6. The quantitative estimate of drug-likeness (QED) is 0.857. The molecule has 1 heterocycles. The van der Waals surface area contributed by atoms with Crippen molar-refractivity contribution in [1.29, 1.82) is 0 Å². The molecule has 0 saturated carbocycles. The van der Waals surface area contributed by atoms with Crippen LogP contribution in [-0.2, 0) is 11.3 Å². The van der Waals surface area contributed by atoms with Crippen LogP contribution >= 0.6 is 0 Å². The fourth-order valence-corrected chi connectivity index (χ4v) is 2.16. The van der Waals surface area contributed by atoms with Crippen LogP contribution in [0.15, 0.2) is 36.7 Å². The van der Waals surface area contributed by atoms with Gasteiger partial charge in [-0.15, -0.1) is 0 Å². The molecule has 1 unspecified atom stereocenters. The number of nitrogens with zero attached hydrogens (tertiary/aromatic N) is 1. The van der Waals surface area contributed by atoms with E-state index >= 15 is 0 Å². The molecule has 1 aromatic heterocycles. The van der Waals surface area contributed by atoms with Gasteiger partial charge in [-0.05, 0) is 29.9 Å². The number of nitrogens with one attached hydrogen (secondary N) is 2. The molecule has 0 aliphatic carbocycles. The maximum atomic E-state index is 11.9. The molecule has 1 amide bonds. The van der Waals surface area contributed by atoms with Crippen LogP contribution in [0.25, 0.3) is 10.8 Å². The highest BCUT2D eigenvalue weighted by molar-refractivity contribution is 5.85. The number of hydrogen-bond acceptors (Lipinski definition) is 3. The van der Waals surface area contributed by atoms with Crippen LogP contribution in [0.3, 0.4) is 0 Å². The van der Waals surface area contributed by atoms with E-state index in [9.17, 15) is 4.79 Å². The van der Waals surface area contributed by atoms with Gasteiger partial charge in [-0.3, -0.25) is 9.78 Å². The Morgan fingerprint density at radius 2 is 2.05 bits per heavy atom. The van der Waals surface area contributed by atoms with Gasteiger partial charge in [-0.1, -0.05) is 32.0 Å². The lowest BCUT2D eigenvalue weighted by Gasteiger charge is -2.16. The molecular formula is C17H23N3O. The molecule has 2 aromatic rings. The van der Waals surface area contributed by atoms with E-state index in [0.717, 1.165) is 5.39 Å². The molecular weight excluding hydrogens is 262 g/mol. The first-order valence-corrected chi connectivity index (χ1v) is 7.40. The standard InChI is InChI=1S/C17H23N3O/c1-12(2)9-20-17(21)13(3)19-11-15-6-4-5-14-10-18-8-7-16(14)15/h4-8,10,12-13,19H,9,11H2,1-3H3,(H,20,21). The maximum absolute atomic E-state index is 11.9. The van der Waals surface area contributed by atoms with Gasteiger partial charge >= 0.3 is 0 Å². The summed E-state index contributed by atoms with van der Waals surface area (Å²) >= 11 is 0. The van der Waals surface area contributed by atoms with E-state index in [1.165, 1.54) is 10.9 Å². The number of benzene rings is 1. The minimum absolute atomic E-state index is 0.0469. The predicted octanol–water partition coefficient (Wildman–Crippen LogP) is 2.49. The van der Waals surface area contributed by atoms with E-state index in [1.54, 1.807) is 6.20 Å². The molecule has 21 heavy (non-hydrogen) atoms. The van der Waals surface area contributed by atoms with Crippen molar-refractivity contribution in [2.75, 3.05) is 6.54 Å². The monoisotopic (exact) mass is 285 g/mol. The zero-order chi connectivity index (χ0) is 15.2. The Kier molecular flexibility index (Phi) is 5.28. The first-order chi connectivity index (χ1) is 10.1. The van der Waals surface area contributed by atoms with Crippen LogP contribution in [0.4, 0.5) is 0 Å². The van der Waals surface area contributed by atoms with E-state index in [4.69, 9.17) is 0 Å². The van der Waals surface area contributed by atoms with Crippen LogP contribution < -0.4 is 10.6 Å². The Labute approximate surface area is 126 Å². The number of pyridine rings is 1. The molecule has 0 aliphatic rings. The van der Waals surface area contributed by atoms with E-state index in [2.05, 4.69) is 35.5 Å². The fraction of sp³-hybridized carbons (Fsp3) is 0.412. The third-order valence-electron chi connectivity index (χ3n) is 3.45. The van der Waals surface area contributed by atoms with Crippen molar-refractivity contribution in [2.24, 2.45) is 5.92 Å². The highest BCUT2D eigenvalue weighted by Gasteiger charge is 2.12. The highest BCUT2D eigenvalue weighted by Crippen LogP contribution is 2.17. The number of rotatable bonds is 6. The van der Waals surface area contributed by atoms with Gasteiger partial charge in [-0.2, -0.15) is 0 Å². The Hall–Kier alpha value is -1.94. The summed E-state index contributed by atoms with van der Waals surface area (Å²) in [5, 5.41) is 8.52.